The van der Waals surface area contributed by atoms with E-state index in [1.807, 2.05) is 0 Å². The van der Waals surface area contributed by atoms with Gasteiger partial charge in [0.05, 0.1) is 13.7 Å². The van der Waals surface area contributed by atoms with Gasteiger partial charge in [-0.15, -0.1) is 0 Å². The summed E-state index contributed by atoms with van der Waals surface area (Å²) < 4.78 is 22.8. The highest BCUT2D eigenvalue weighted by Gasteiger charge is 2.22. The monoisotopic (exact) mass is 228 g/mol. The Kier molecular flexibility index (Phi) is 4.25. The second kappa shape index (κ2) is 5.46. The molecule has 16 heavy (non-hydrogen) atoms. The molecule has 0 saturated carbocycles. The fourth-order valence-corrected chi connectivity index (χ4v) is 1.20. The number of halogens is 1. The van der Waals surface area contributed by atoms with Crippen molar-refractivity contribution in [2.45, 2.75) is 13.0 Å². The summed E-state index contributed by atoms with van der Waals surface area (Å²) in [4.78, 5) is 11.2. The first-order valence-corrected chi connectivity index (χ1v) is 4.78. The normalized spacial score (nSPS) is 12.0. The van der Waals surface area contributed by atoms with Gasteiger partial charge in [-0.2, -0.15) is 0 Å². The third-order valence-corrected chi connectivity index (χ3v) is 2.01. The molecular weight excluding hydrogens is 215 g/mol. The number of rotatable bonds is 4. The van der Waals surface area contributed by atoms with Gasteiger partial charge in [0.15, 0.2) is 6.10 Å². The SMILES string of the molecule is CCOC(=O)C(O)c1ccc(OC)cc1F. The minimum atomic E-state index is -1.61. The minimum Gasteiger partial charge on any atom is -0.497 e. The number of aliphatic hydroxyl groups is 1. The number of aliphatic hydroxyl groups excluding tert-OH is 1. The van der Waals surface area contributed by atoms with Crippen LogP contribution in [0.3, 0.4) is 0 Å². The average molecular weight is 228 g/mol. The summed E-state index contributed by atoms with van der Waals surface area (Å²) in [5.74, 6) is -1.26. The highest BCUT2D eigenvalue weighted by molar-refractivity contribution is 5.76. The van der Waals surface area contributed by atoms with Gasteiger partial charge in [-0.05, 0) is 19.1 Å². The number of hydrogen-bond acceptors (Lipinski definition) is 4. The standard InChI is InChI=1S/C11H13FO4/c1-3-16-11(14)10(13)8-5-4-7(15-2)6-9(8)12/h4-6,10,13H,3H2,1-2H3. The molecule has 0 aliphatic rings. The van der Waals surface area contributed by atoms with E-state index >= 15 is 0 Å². The van der Waals surface area contributed by atoms with Gasteiger partial charge in [0.25, 0.3) is 0 Å². The molecule has 0 bridgehead atoms. The van der Waals surface area contributed by atoms with Crippen LogP contribution >= 0.6 is 0 Å². The first-order valence-electron chi connectivity index (χ1n) is 4.78. The summed E-state index contributed by atoms with van der Waals surface area (Å²) >= 11 is 0. The largest absolute Gasteiger partial charge is 0.497 e. The van der Waals surface area contributed by atoms with Crippen LogP contribution in [0.4, 0.5) is 4.39 Å². The lowest BCUT2D eigenvalue weighted by molar-refractivity contribution is -0.153. The summed E-state index contributed by atoms with van der Waals surface area (Å²) in [6.45, 7) is 1.74. The van der Waals surface area contributed by atoms with Crippen molar-refractivity contribution in [1.82, 2.24) is 0 Å². The molecule has 1 aromatic carbocycles. The van der Waals surface area contributed by atoms with Crippen molar-refractivity contribution < 1.29 is 23.8 Å². The van der Waals surface area contributed by atoms with Crippen molar-refractivity contribution in [2.24, 2.45) is 0 Å². The van der Waals surface area contributed by atoms with Crippen LogP contribution in [0.1, 0.15) is 18.6 Å². The summed E-state index contributed by atoms with van der Waals surface area (Å²) in [6.07, 6.45) is -1.61. The van der Waals surface area contributed by atoms with E-state index in [9.17, 15) is 14.3 Å². The Hall–Kier alpha value is -1.62. The first-order chi connectivity index (χ1) is 7.60. The number of carbonyl (C=O) groups excluding carboxylic acids is 1. The Bertz CT molecular complexity index is 378. The lowest BCUT2D eigenvalue weighted by Gasteiger charge is -2.11. The van der Waals surface area contributed by atoms with Crippen molar-refractivity contribution in [3.05, 3.63) is 29.6 Å². The molecular formula is C11H13FO4. The van der Waals surface area contributed by atoms with Crippen molar-refractivity contribution >= 4 is 5.97 Å². The van der Waals surface area contributed by atoms with Crippen molar-refractivity contribution in [1.29, 1.82) is 0 Å². The summed E-state index contributed by atoms with van der Waals surface area (Å²) in [5, 5.41) is 9.51. The summed E-state index contributed by atoms with van der Waals surface area (Å²) in [7, 11) is 1.40. The zero-order valence-corrected chi connectivity index (χ0v) is 9.07. The maximum absolute atomic E-state index is 13.4. The molecule has 1 rings (SSSR count). The van der Waals surface area contributed by atoms with Crippen LogP contribution in [0, 0.1) is 5.82 Å². The smallest absolute Gasteiger partial charge is 0.339 e. The average Bonchev–Trinajstić information content (AvgIpc) is 2.28. The Morgan fingerprint density at radius 1 is 1.56 bits per heavy atom. The van der Waals surface area contributed by atoms with Crippen LogP contribution in [-0.4, -0.2) is 24.8 Å². The van der Waals surface area contributed by atoms with Gasteiger partial charge in [-0.25, -0.2) is 9.18 Å². The molecule has 0 radical (unpaired) electrons. The molecule has 88 valence electrons. The zero-order valence-electron chi connectivity index (χ0n) is 9.07. The van der Waals surface area contributed by atoms with Crippen molar-refractivity contribution in [2.75, 3.05) is 13.7 Å². The Labute approximate surface area is 92.6 Å². The van der Waals surface area contributed by atoms with E-state index in [1.54, 1.807) is 6.92 Å². The molecule has 5 heteroatoms. The van der Waals surface area contributed by atoms with Crippen LogP contribution < -0.4 is 4.74 Å². The quantitative estimate of drug-likeness (QED) is 0.792. The van der Waals surface area contributed by atoms with Crippen LogP contribution in [0.5, 0.6) is 5.75 Å². The first kappa shape index (κ1) is 12.4. The fourth-order valence-electron chi connectivity index (χ4n) is 1.20. The minimum absolute atomic E-state index is 0.126. The van der Waals surface area contributed by atoms with Gasteiger partial charge < -0.3 is 14.6 Å². The van der Waals surface area contributed by atoms with E-state index in [-0.39, 0.29) is 12.2 Å². The zero-order chi connectivity index (χ0) is 12.1. The molecule has 0 aliphatic carbocycles. The highest BCUT2D eigenvalue weighted by atomic mass is 19.1. The fraction of sp³-hybridized carbons (Fsp3) is 0.364. The predicted molar refractivity (Wildman–Crippen MR) is 54.5 cm³/mol. The molecule has 1 atom stereocenters. The lowest BCUT2D eigenvalue weighted by Crippen LogP contribution is -2.16. The van der Waals surface area contributed by atoms with Crippen LogP contribution in [0.15, 0.2) is 18.2 Å². The second-order valence-corrected chi connectivity index (χ2v) is 3.04. The molecule has 4 nitrogen and oxygen atoms in total. The van der Waals surface area contributed by atoms with E-state index in [1.165, 1.54) is 19.2 Å². The second-order valence-electron chi connectivity index (χ2n) is 3.04. The van der Waals surface area contributed by atoms with Gasteiger partial charge in [0.1, 0.15) is 11.6 Å². The van der Waals surface area contributed by atoms with Gasteiger partial charge in [0, 0.05) is 11.6 Å². The van der Waals surface area contributed by atoms with E-state index < -0.39 is 17.9 Å². The molecule has 0 heterocycles. The summed E-state index contributed by atoms with van der Waals surface area (Å²) in [5.41, 5.74) is -0.126. The topological polar surface area (TPSA) is 55.8 Å². The van der Waals surface area contributed by atoms with Crippen LogP contribution in [0.25, 0.3) is 0 Å². The number of hydrogen-bond donors (Lipinski definition) is 1. The highest BCUT2D eigenvalue weighted by Crippen LogP contribution is 2.22. The van der Waals surface area contributed by atoms with Crippen LogP contribution in [-0.2, 0) is 9.53 Å². The van der Waals surface area contributed by atoms with Crippen molar-refractivity contribution in [3.8, 4) is 5.75 Å². The predicted octanol–water partition coefficient (Wildman–Crippen LogP) is 1.43. The molecule has 0 amide bonds. The van der Waals surface area contributed by atoms with Gasteiger partial charge in [-0.3, -0.25) is 0 Å². The van der Waals surface area contributed by atoms with Gasteiger partial charge in [0.2, 0.25) is 0 Å². The van der Waals surface area contributed by atoms with Crippen LogP contribution in [0.2, 0.25) is 0 Å². The molecule has 0 aromatic heterocycles. The molecule has 1 N–H and O–H groups in total. The van der Waals surface area contributed by atoms with E-state index in [2.05, 4.69) is 4.74 Å². The van der Waals surface area contributed by atoms with Crippen molar-refractivity contribution in [3.63, 3.8) is 0 Å². The molecule has 0 saturated heterocycles. The molecule has 0 spiro atoms. The Morgan fingerprint density at radius 3 is 2.75 bits per heavy atom. The summed E-state index contributed by atoms with van der Waals surface area (Å²) in [6, 6.07) is 3.84. The maximum Gasteiger partial charge on any atom is 0.339 e. The number of carbonyl (C=O) groups is 1. The lowest BCUT2D eigenvalue weighted by atomic mass is 10.1. The van der Waals surface area contributed by atoms with E-state index in [0.29, 0.717) is 5.75 Å². The molecule has 0 aliphatic heterocycles. The Balaban J connectivity index is 2.91. The van der Waals surface area contributed by atoms with Gasteiger partial charge in [-0.1, -0.05) is 0 Å². The number of benzene rings is 1. The maximum atomic E-state index is 13.4. The van der Waals surface area contributed by atoms with Gasteiger partial charge >= 0.3 is 5.97 Å². The third-order valence-electron chi connectivity index (χ3n) is 2.01. The number of esters is 1. The Morgan fingerprint density at radius 2 is 2.25 bits per heavy atom. The molecule has 1 aromatic rings. The van der Waals surface area contributed by atoms with E-state index in [4.69, 9.17) is 4.74 Å². The number of methoxy groups -OCH3 is 1. The molecule has 1 unspecified atom stereocenters. The number of ether oxygens (including phenoxy) is 2. The third kappa shape index (κ3) is 2.70. The van der Waals surface area contributed by atoms with E-state index in [0.717, 1.165) is 6.07 Å². The molecule has 0 fully saturated rings.